The minimum absolute atomic E-state index is 0.0825. The van der Waals surface area contributed by atoms with E-state index in [0.717, 1.165) is 30.8 Å². The molecule has 2 fully saturated rings. The zero-order chi connectivity index (χ0) is 14.9. The molecule has 0 N–H and O–H groups in total. The molecule has 114 valence electrons. The molecule has 0 aromatic heterocycles. The number of carbonyl (C=O) groups excluding carboxylic acids is 1. The second kappa shape index (κ2) is 6.39. The van der Waals surface area contributed by atoms with Gasteiger partial charge in [-0.3, -0.25) is 4.79 Å². The largest absolute Gasteiger partial charge is 0.375 e. The van der Waals surface area contributed by atoms with Crippen LogP contribution in [-0.4, -0.2) is 29.5 Å². The van der Waals surface area contributed by atoms with Crippen LogP contribution >= 0.6 is 27.7 Å². The predicted molar refractivity (Wildman–Crippen MR) is 86.4 cm³/mol. The third-order valence-electron chi connectivity index (χ3n) is 4.48. The molecule has 3 rings (SSSR count). The molecule has 2 aliphatic heterocycles. The first-order chi connectivity index (χ1) is 10.1. The Bertz CT molecular complexity index is 517. The molecule has 0 bridgehead atoms. The van der Waals surface area contributed by atoms with Crippen LogP contribution in [0, 0.1) is 11.7 Å². The Kier molecular flexibility index (Phi) is 4.71. The summed E-state index contributed by atoms with van der Waals surface area (Å²) in [7, 11) is 0. The quantitative estimate of drug-likeness (QED) is 0.716. The highest BCUT2D eigenvalue weighted by Crippen LogP contribution is 2.41. The number of benzene rings is 1. The molecule has 1 atom stereocenters. The Labute approximate surface area is 137 Å². The molecule has 2 heterocycles. The summed E-state index contributed by atoms with van der Waals surface area (Å²) in [5, 5.41) is 0. The lowest BCUT2D eigenvalue weighted by molar-refractivity contribution is -0.0960. The molecule has 2 aliphatic rings. The first-order valence-electron chi connectivity index (χ1n) is 7.31. The maximum Gasteiger partial charge on any atom is 0.170 e. The lowest BCUT2D eigenvalue weighted by Crippen LogP contribution is -2.44. The van der Waals surface area contributed by atoms with Crippen molar-refractivity contribution in [1.29, 1.82) is 0 Å². The minimum atomic E-state index is -0.436. The SMILES string of the molecule is O=C(c1c(F)cccc1Br)C1CCOC2(CCSCC2)C1. The normalized spacial score (nSPS) is 25.0. The summed E-state index contributed by atoms with van der Waals surface area (Å²) in [6, 6.07) is 4.69. The van der Waals surface area contributed by atoms with Gasteiger partial charge in [0.05, 0.1) is 11.2 Å². The molecule has 0 saturated carbocycles. The van der Waals surface area contributed by atoms with Gasteiger partial charge in [-0.05, 0) is 65.3 Å². The summed E-state index contributed by atoms with van der Waals surface area (Å²) < 4.78 is 20.6. The van der Waals surface area contributed by atoms with Crippen LogP contribution in [-0.2, 0) is 4.74 Å². The van der Waals surface area contributed by atoms with Gasteiger partial charge in [0.25, 0.3) is 0 Å². The van der Waals surface area contributed by atoms with Crippen molar-refractivity contribution in [3.05, 3.63) is 34.1 Å². The van der Waals surface area contributed by atoms with E-state index in [2.05, 4.69) is 15.9 Å². The van der Waals surface area contributed by atoms with Crippen LogP contribution in [0.25, 0.3) is 0 Å². The number of rotatable bonds is 2. The summed E-state index contributed by atoms with van der Waals surface area (Å²) in [4.78, 5) is 12.7. The van der Waals surface area contributed by atoms with Crippen LogP contribution in [0.5, 0.6) is 0 Å². The van der Waals surface area contributed by atoms with Crippen molar-refractivity contribution >= 4 is 33.5 Å². The number of thioether (sulfide) groups is 1. The number of ether oxygens (including phenoxy) is 1. The molecule has 0 aliphatic carbocycles. The van der Waals surface area contributed by atoms with Crippen LogP contribution in [0.1, 0.15) is 36.0 Å². The maximum absolute atomic E-state index is 14.0. The zero-order valence-corrected chi connectivity index (χ0v) is 14.1. The summed E-state index contributed by atoms with van der Waals surface area (Å²) in [5.41, 5.74) is 0.0476. The molecule has 2 saturated heterocycles. The van der Waals surface area contributed by atoms with Gasteiger partial charge in [-0.15, -0.1) is 0 Å². The molecule has 1 unspecified atom stereocenters. The minimum Gasteiger partial charge on any atom is -0.375 e. The van der Waals surface area contributed by atoms with Crippen molar-refractivity contribution in [2.45, 2.75) is 31.3 Å². The van der Waals surface area contributed by atoms with E-state index in [9.17, 15) is 9.18 Å². The van der Waals surface area contributed by atoms with Gasteiger partial charge in [-0.1, -0.05) is 6.07 Å². The fourth-order valence-electron chi connectivity index (χ4n) is 3.28. The van der Waals surface area contributed by atoms with E-state index >= 15 is 0 Å². The van der Waals surface area contributed by atoms with E-state index in [-0.39, 0.29) is 22.9 Å². The van der Waals surface area contributed by atoms with Crippen LogP contribution in [0.15, 0.2) is 22.7 Å². The average molecular weight is 373 g/mol. The first-order valence-corrected chi connectivity index (χ1v) is 9.26. The van der Waals surface area contributed by atoms with Crippen molar-refractivity contribution in [2.75, 3.05) is 18.1 Å². The van der Waals surface area contributed by atoms with Gasteiger partial charge in [0.1, 0.15) is 5.82 Å². The summed E-state index contributed by atoms with van der Waals surface area (Å²) in [6.45, 7) is 0.604. The van der Waals surface area contributed by atoms with Crippen molar-refractivity contribution < 1.29 is 13.9 Å². The third-order valence-corrected chi connectivity index (χ3v) is 6.12. The van der Waals surface area contributed by atoms with Crippen LogP contribution in [0.3, 0.4) is 0 Å². The van der Waals surface area contributed by atoms with Crippen molar-refractivity contribution in [3.8, 4) is 0 Å². The Balaban J connectivity index is 1.81. The van der Waals surface area contributed by atoms with E-state index in [1.807, 2.05) is 11.8 Å². The van der Waals surface area contributed by atoms with Crippen molar-refractivity contribution in [3.63, 3.8) is 0 Å². The molecular formula is C16H18BrFO2S. The molecular weight excluding hydrogens is 355 g/mol. The van der Waals surface area contributed by atoms with Gasteiger partial charge < -0.3 is 4.74 Å². The van der Waals surface area contributed by atoms with E-state index in [1.165, 1.54) is 6.07 Å². The Morgan fingerprint density at radius 2 is 2.14 bits per heavy atom. The van der Waals surface area contributed by atoms with Crippen LogP contribution in [0.4, 0.5) is 4.39 Å². The van der Waals surface area contributed by atoms with Crippen LogP contribution < -0.4 is 0 Å². The topological polar surface area (TPSA) is 26.3 Å². The molecule has 0 radical (unpaired) electrons. The molecule has 5 heteroatoms. The number of carbonyl (C=O) groups is 1. The van der Waals surface area contributed by atoms with E-state index in [4.69, 9.17) is 4.74 Å². The molecule has 1 spiro atoms. The fourth-order valence-corrected chi connectivity index (χ4v) is 5.05. The number of hydrogen-bond donors (Lipinski definition) is 0. The van der Waals surface area contributed by atoms with Crippen molar-refractivity contribution in [1.82, 2.24) is 0 Å². The highest BCUT2D eigenvalue weighted by atomic mass is 79.9. The third kappa shape index (κ3) is 3.20. The van der Waals surface area contributed by atoms with Gasteiger partial charge in [0.2, 0.25) is 0 Å². The zero-order valence-electron chi connectivity index (χ0n) is 11.7. The summed E-state index contributed by atoms with van der Waals surface area (Å²) in [6.07, 6.45) is 3.42. The number of Topliss-reactive ketones (excluding diaryl/α,β-unsaturated/α-hetero) is 1. The first kappa shape index (κ1) is 15.5. The van der Waals surface area contributed by atoms with E-state index in [1.54, 1.807) is 12.1 Å². The maximum atomic E-state index is 14.0. The van der Waals surface area contributed by atoms with Crippen LogP contribution in [0.2, 0.25) is 0 Å². The Hall–Kier alpha value is -0.390. The van der Waals surface area contributed by atoms with Gasteiger partial charge in [-0.25, -0.2) is 4.39 Å². The molecule has 0 amide bonds. The Morgan fingerprint density at radius 1 is 1.38 bits per heavy atom. The highest BCUT2D eigenvalue weighted by molar-refractivity contribution is 9.10. The monoisotopic (exact) mass is 372 g/mol. The molecule has 1 aromatic rings. The Morgan fingerprint density at radius 3 is 2.86 bits per heavy atom. The standard InChI is InChI=1S/C16H18BrFO2S/c17-12-2-1-3-13(18)14(12)15(19)11-4-7-20-16(10-11)5-8-21-9-6-16/h1-3,11H,4-10H2. The van der Waals surface area contributed by atoms with E-state index < -0.39 is 5.82 Å². The lowest BCUT2D eigenvalue weighted by atomic mass is 9.78. The van der Waals surface area contributed by atoms with Crippen molar-refractivity contribution in [2.24, 2.45) is 5.92 Å². The molecule has 2 nitrogen and oxygen atoms in total. The number of ketones is 1. The smallest absolute Gasteiger partial charge is 0.170 e. The van der Waals surface area contributed by atoms with Gasteiger partial charge in [-0.2, -0.15) is 11.8 Å². The summed E-state index contributed by atoms with van der Waals surface area (Å²) >= 11 is 5.25. The van der Waals surface area contributed by atoms with Gasteiger partial charge >= 0.3 is 0 Å². The second-order valence-corrected chi connectivity index (χ2v) is 7.87. The van der Waals surface area contributed by atoms with Gasteiger partial charge in [0.15, 0.2) is 5.78 Å². The molecule has 21 heavy (non-hydrogen) atoms. The van der Waals surface area contributed by atoms with E-state index in [0.29, 0.717) is 17.5 Å². The predicted octanol–water partition coefficient (Wildman–Crippen LogP) is 4.46. The second-order valence-electron chi connectivity index (χ2n) is 5.79. The number of halogens is 2. The molecule has 1 aromatic carbocycles. The lowest BCUT2D eigenvalue weighted by Gasteiger charge is -2.43. The number of hydrogen-bond acceptors (Lipinski definition) is 3. The highest BCUT2D eigenvalue weighted by Gasteiger charge is 2.41. The average Bonchev–Trinajstić information content (AvgIpc) is 2.48. The fraction of sp³-hybridized carbons (Fsp3) is 0.562. The van der Waals surface area contributed by atoms with Gasteiger partial charge in [0, 0.05) is 17.0 Å². The summed E-state index contributed by atoms with van der Waals surface area (Å²) in [5.74, 6) is 1.53.